The second-order valence-corrected chi connectivity index (χ2v) is 8.99. The average molecular weight is 445 g/mol. The van der Waals surface area contributed by atoms with Crippen LogP contribution >= 0.6 is 0 Å². The number of benzene rings is 1. The minimum atomic E-state index is -3.44. The van der Waals surface area contributed by atoms with Crippen LogP contribution in [0.3, 0.4) is 0 Å². The van der Waals surface area contributed by atoms with E-state index in [1.54, 1.807) is 19.3 Å². The van der Waals surface area contributed by atoms with E-state index >= 15 is 0 Å². The van der Waals surface area contributed by atoms with Crippen molar-refractivity contribution in [2.45, 2.75) is 12.3 Å². The molecule has 0 unspecified atom stereocenters. The highest BCUT2D eigenvalue weighted by molar-refractivity contribution is 7.88. The molecule has 0 spiro atoms. The molecule has 4 rings (SSSR count). The van der Waals surface area contributed by atoms with Crippen LogP contribution < -0.4 is 5.32 Å². The quantitative estimate of drug-likeness (QED) is 0.450. The Labute approximate surface area is 180 Å². The van der Waals surface area contributed by atoms with Gasteiger partial charge in [-0.15, -0.1) is 0 Å². The Morgan fingerprint density at radius 3 is 2.61 bits per heavy atom. The smallest absolute Gasteiger partial charge is 0.220 e. The first-order valence-electron chi connectivity index (χ1n) is 9.88. The Balaban J connectivity index is 1.30. The van der Waals surface area contributed by atoms with Crippen LogP contribution in [0.15, 0.2) is 62.8 Å². The maximum atomic E-state index is 12.6. The molecule has 1 aliphatic heterocycles. The molecule has 1 N–H and O–H groups in total. The van der Waals surface area contributed by atoms with Gasteiger partial charge in [0.05, 0.1) is 18.4 Å². The Morgan fingerprint density at radius 1 is 1.16 bits per heavy atom. The lowest BCUT2D eigenvalue weighted by Crippen LogP contribution is -2.53. The molecular weight excluding hydrogens is 420 g/mol. The number of nitrogens with one attached hydrogen (secondary N) is 1. The van der Waals surface area contributed by atoms with Gasteiger partial charge >= 0.3 is 0 Å². The molecule has 10 nitrogen and oxygen atoms in total. The van der Waals surface area contributed by atoms with Crippen LogP contribution in [0.4, 0.5) is 0 Å². The van der Waals surface area contributed by atoms with Crippen LogP contribution in [0, 0.1) is 0 Å². The molecule has 1 saturated heterocycles. The van der Waals surface area contributed by atoms with Gasteiger partial charge in [0.1, 0.15) is 12.0 Å². The summed E-state index contributed by atoms with van der Waals surface area (Å²) in [4.78, 5) is 10.6. The van der Waals surface area contributed by atoms with Crippen LogP contribution in [-0.2, 0) is 22.3 Å². The van der Waals surface area contributed by atoms with E-state index in [1.165, 1.54) is 10.6 Å². The van der Waals surface area contributed by atoms with Crippen LogP contribution in [0.2, 0.25) is 0 Å². The normalized spacial score (nSPS) is 15.9. The molecule has 1 aromatic carbocycles. The number of oxazole rings is 1. The van der Waals surface area contributed by atoms with E-state index < -0.39 is 10.0 Å². The zero-order chi connectivity index (χ0) is 21.7. The standard InChI is InChI=1S/C20H24N6O4S/c1-21-20(23-14-19-22-13-18(30-19)16-5-3-2-4-6-16)25-8-10-26(11-9-25)31(27,28)15-17-7-12-29-24-17/h2-7,12-13H,8-11,14-15H2,1H3,(H,21,23). The first-order chi connectivity index (χ1) is 15.0. The first kappa shape index (κ1) is 21.1. The second kappa shape index (κ2) is 9.31. The molecule has 3 heterocycles. The summed E-state index contributed by atoms with van der Waals surface area (Å²) in [5.41, 5.74) is 1.37. The summed E-state index contributed by atoms with van der Waals surface area (Å²) in [5, 5.41) is 6.93. The Hall–Kier alpha value is -3.18. The van der Waals surface area contributed by atoms with Crippen LogP contribution in [0.1, 0.15) is 11.6 Å². The van der Waals surface area contributed by atoms with E-state index in [4.69, 9.17) is 8.94 Å². The summed E-state index contributed by atoms with van der Waals surface area (Å²) in [7, 11) is -1.75. The van der Waals surface area contributed by atoms with Gasteiger partial charge in [-0.05, 0) is 0 Å². The van der Waals surface area contributed by atoms with Crippen molar-refractivity contribution in [3.05, 3.63) is 60.4 Å². The number of nitrogens with zero attached hydrogens (tertiary/aromatic N) is 5. The molecule has 0 aliphatic carbocycles. The Bertz CT molecular complexity index is 1100. The number of hydrogen-bond acceptors (Lipinski definition) is 7. The fourth-order valence-corrected chi connectivity index (χ4v) is 4.81. The predicted molar refractivity (Wildman–Crippen MR) is 114 cm³/mol. The maximum Gasteiger partial charge on any atom is 0.220 e. The number of piperazine rings is 1. The lowest BCUT2D eigenvalue weighted by atomic mass is 10.2. The molecule has 31 heavy (non-hydrogen) atoms. The fourth-order valence-electron chi connectivity index (χ4n) is 3.38. The minimum Gasteiger partial charge on any atom is -0.439 e. The molecule has 1 aliphatic rings. The van der Waals surface area contributed by atoms with Crippen molar-refractivity contribution < 1.29 is 17.4 Å². The van der Waals surface area contributed by atoms with Gasteiger partial charge in [-0.25, -0.2) is 13.4 Å². The lowest BCUT2D eigenvalue weighted by Gasteiger charge is -2.35. The summed E-state index contributed by atoms with van der Waals surface area (Å²) in [5.74, 6) is 1.77. The van der Waals surface area contributed by atoms with E-state index in [1.807, 2.05) is 35.2 Å². The van der Waals surface area contributed by atoms with E-state index in [-0.39, 0.29) is 5.75 Å². The number of aliphatic imine (C=N–C) groups is 1. The van der Waals surface area contributed by atoms with Gasteiger partial charge in [-0.1, -0.05) is 35.5 Å². The largest absolute Gasteiger partial charge is 0.439 e. The molecule has 1 fully saturated rings. The van der Waals surface area contributed by atoms with Gasteiger partial charge in [-0.3, -0.25) is 4.99 Å². The number of guanidine groups is 1. The molecule has 0 atom stereocenters. The van der Waals surface area contributed by atoms with E-state index in [0.717, 1.165) is 5.56 Å². The van der Waals surface area contributed by atoms with Crippen LogP contribution in [0.5, 0.6) is 0 Å². The van der Waals surface area contributed by atoms with Crippen molar-refractivity contribution in [1.82, 2.24) is 24.7 Å². The van der Waals surface area contributed by atoms with Gasteiger partial charge in [0.25, 0.3) is 0 Å². The molecule has 164 valence electrons. The molecule has 0 radical (unpaired) electrons. The Kier molecular flexibility index (Phi) is 6.33. The summed E-state index contributed by atoms with van der Waals surface area (Å²) in [6.07, 6.45) is 3.07. The van der Waals surface area contributed by atoms with Crippen molar-refractivity contribution in [1.29, 1.82) is 0 Å². The third kappa shape index (κ3) is 5.12. The van der Waals surface area contributed by atoms with Crippen molar-refractivity contribution in [2.24, 2.45) is 4.99 Å². The number of hydrogen-bond donors (Lipinski definition) is 1. The van der Waals surface area contributed by atoms with Crippen LogP contribution in [0.25, 0.3) is 11.3 Å². The molecule has 0 saturated carbocycles. The lowest BCUT2D eigenvalue weighted by molar-refractivity contribution is 0.259. The molecular formula is C20H24N6O4S. The highest BCUT2D eigenvalue weighted by atomic mass is 32.2. The van der Waals surface area contributed by atoms with E-state index in [0.29, 0.717) is 56.0 Å². The molecule has 3 aromatic rings. The highest BCUT2D eigenvalue weighted by Crippen LogP contribution is 2.19. The third-order valence-corrected chi connectivity index (χ3v) is 6.79. The summed E-state index contributed by atoms with van der Waals surface area (Å²) >= 11 is 0. The number of sulfonamides is 1. The van der Waals surface area contributed by atoms with Gasteiger partial charge in [-0.2, -0.15) is 4.31 Å². The maximum absolute atomic E-state index is 12.6. The van der Waals surface area contributed by atoms with Gasteiger partial charge < -0.3 is 19.2 Å². The number of aromatic nitrogens is 2. The molecule has 2 aromatic heterocycles. The van der Waals surface area contributed by atoms with Gasteiger partial charge in [0.2, 0.25) is 15.9 Å². The monoisotopic (exact) mass is 444 g/mol. The first-order valence-corrected chi connectivity index (χ1v) is 11.5. The van der Waals surface area contributed by atoms with Crippen molar-refractivity contribution in [3.63, 3.8) is 0 Å². The summed E-state index contributed by atoms with van der Waals surface area (Å²) in [6.45, 7) is 2.18. The molecule has 0 amide bonds. The van der Waals surface area contributed by atoms with Crippen LogP contribution in [-0.4, -0.2) is 66.9 Å². The summed E-state index contributed by atoms with van der Waals surface area (Å²) < 4.78 is 37.2. The van der Waals surface area contributed by atoms with Gasteiger partial charge in [0.15, 0.2) is 11.7 Å². The average Bonchev–Trinajstić information content (AvgIpc) is 3.47. The topological polar surface area (TPSA) is 117 Å². The van der Waals surface area contributed by atoms with Crippen molar-refractivity contribution in [3.8, 4) is 11.3 Å². The number of rotatable bonds is 6. The van der Waals surface area contributed by atoms with Crippen molar-refractivity contribution >= 4 is 16.0 Å². The fraction of sp³-hybridized carbons (Fsp3) is 0.350. The zero-order valence-electron chi connectivity index (χ0n) is 17.1. The SMILES string of the molecule is CN=C(NCc1ncc(-c2ccccc2)o1)N1CCN(S(=O)(=O)Cc2ccon2)CC1. The van der Waals surface area contributed by atoms with E-state index in [2.05, 4.69) is 20.4 Å². The summed E-state index contributed by atoms with van der Waals surface area (Å²) in [6, 6.07) is 11.3. The predicted octanol–water partition coefficient (Wildman–Crippen LogP) is 1.55. The zero-order valence-corrected chi connectivity index (χ0v) is 18.0. The minimum absolute atomic E-state index is 0.162. The van der Waals surface area contributed by atoms with Crippen molar-refractivity contribution in [2.75, 3.05) is 33.2 Å². The molecule has 0 bridgehead atoms. The third-order valence-electron chi connectivity index (χ3n) is 4.97. The van der Waals surface area contributed by atoms with E-state index in [9.17, 15) is 8.42 Å². The second-order valence-electron chi connectivity index (χ2n) is 7.02. The Morgan fingerprint density at radius 2 is 1.94 bits per heavy atom. The van der Waals surface area contributed by atoms with Gasteiger partial charge in [0, 0.05) is 44.9 Å². The highest BCUT2D eigenvalue weighted by Gasteiger charge is 2.29. The molecule has 11 heteroatoms.